The number of phenols is 3. The molecule has 0 aliphatic rings. The number of allylic oxidation sites excluding steroid dienone is 1. The van der Waals surface area contributed by atoms with Crippen molar-refractivity contribution in [1.82, 2.24) is 0 Å². The first-order valence-electron chi connectivity index (χ1n) is 8.48. The van der Waals surface area contributed by atoms with Gasteiger partial charge in [0.15, 0.2) is 5.78 Å². The van der Waals surface area contributed by atoms with Crippen LogP contribution in [0.25, 0.3) is 6.08 Å². The second-order valence-corrected chi connectivity index (χ2v) is 6.90. The van der Waals surface area contributed by atoms with Crippen molar-refractivity contribution in [1.29, 1.82) is 0 Å². The topological polar surface area (TPSA) is 107 Å². The minimum absolute atomic E-state index is 0.0531. The Labute approximate surface area is 158 Å². The maximum Gasteiger partial charge on any atom is 0.193 e. The first-order valence-corrected chi connectivity index (χ1v) is 8.48. The largest absolute Gasteiger partial charge is 0.508 e. The number of ketones is 1. The summed E-state index contributed by atoms with van der Waals surface area (Å²) in [6.07, 6.45) is 3.30. The Bertz CT molecular complexity index is 844. The number of carbonyl (C=O) groups is 1. The van der Waals surface area contributed by atoms with Crippen molar-refractivity contribution in [2.24, 2.45) is 0 Å². The first kappa shape index (κ1) is 20.3. The van der Waals surface area contributed by atoms with Gasteiger partial charge in [0.1, 0.15) is 28.6 Å². The number of hydrogen-bond acceptors (Lipinski definition) is 6. The molecule has 0 spiro atoms. The minimum Gasteiger partial charge on any atom is -0.508 e. The third-order valence-corrected chi connectivity index (χ3v) is 4.12. The first-order chi connectivity index (χ1) is 12.6. The molecule has 2 aromatic carbocycles. The zero-order valence-electron chi connectivity index (χ0n) is 15.6. The number of rotatable bonds is 7. The van der Waals surface area contributed by atoms with Crippen LogP contribution in [0.15, 0.2) is 36.4 Å². The average molecular weight is 372 g/mol. The van der Waals surface area contributed by atoms with Gasteiger partial charge < -0.3 is 25.2 Å². The highest BCUT2D eigenvalue weighted by atomic mass is 16.5. The van der Waals surface area contributed by atoms with Crippen LogP contribution in [0.2, 0.25) is 0 Å². The Kier molecular flexibility index (Phi) is 6.13. The minimum atomic E-state index is -0.984. The second kappa shape index (κ2) is 8.14. The Balaban J connectivity index is 2.38. The molecule has 0 aromatic heterocycles. The lowest BCUT2D eigenvalue weighted by atomic mass is 9.94. The number of phenolic OH excluding ortho intramolecular Hbond substituents is 3. The van der Waals surface area contributed by atoms with Gasteiger partial charge in [0.05, 0.1) is 12.7 Å². The van der Waals surface area contributed by atoms with E-state index < -0.39 is 11.4 Å². The van der Waals surface area contributed by atoms with E-state index in [1.54, 1.807) is 32.1 Å². The van der Waals surface area contributed by atoms with E-state index in [0.717, 1.165) is 0 Å². The highest BCUT2D eigenvalue weighted by molar-refractivity contribution is 6.11. The van der Waals surface area contributed by atoms with Gasteiger partial charge in [0.2, 0.25) is 0 Å². The summed E-state index contributed by atoms with van der Waals surface area (Å²) >= 11 is 0. The number of hydrogen-bond donors (Lipinski definition) is 4. The molecule has 4 N–H and O–H groups in total. The van der Waals surface area contributed by atoms with Crippen LogP contribution in [0.5, 0.6) is 23.0 Å². The van der Waals surface area contributed by atoms with Crippen LogP contribution in [0.1, 0.15) is 41.8 Å². The van der Waals surface area contributed by atoms with Gasteiger partial charge in [0, 0.05) is 11.6 Å². The Hall–Kier alpha value is -2.99. The van der Waals surface area contributed by atoms with Gasteiger partial charge in [-0.15, -0.1) is 0 Å². The van der Waals surface area contributed by atoms with Crippen LogP contribution in [0.3, 0.4) is 0 Å². The lowest BCUT2D eigenvalue weighted by Crippen LogP contribution is -2.19. The standard InChI is InChI=1S/C21H24O6/c1-21(2,26)11-10-15-17(24)12-18(27-3)19(20(15)25)16(23)9-6-13-4-7-14(22)8-5-13/h4-9,12,22,24-26H,10-11H2,1-3H3/b9-6+. The molecule has 0 amide bonds. The predicted octanol–water partition coefficient (Wildman–Crippen LogP) is 3.41. The zero-order valence-corrected chi connectivity index (χ0v) is 15.6. The molecule has 0 radical (unpaired) electrons. The van der Waals surface area contributed by atoms with E-state index in [0.29, 0.717) is 5.56 Å². The summed E-state index contributed by atoms with van der Waals surface area (Å²) in [5.41, 5.74) is -0.169. The number of carbonyl (C=O) groups excluding carboxylic acids is 1. The molecule has 0 atom stereocenters. The van der Waals surface area contributed by atoms with E-state index in [4.69, 9.17) is 4.74 Å². The van der Waals surface area contributed by atoms with Crippen molar-refractivity contribution in [3.05, 3.63) is 53.1 Å². The molecule has 0 bridgehead atoms. The quantitative estimate of drug-likeness (QED) is 0.438. The molecule has 27 heavy (non-hydrogen) atoms. The zero-order chi connectivity index (χ0) is 20.2. The molecule has 0 saturated carbocycles. The molecule has 0 fully saturated rings. The third-order valence-electron chi connectivity index (χ3n) is 4.12. The van der Waals surface area contributed by atoms with Crippen molar-refractivity contribution in [2.45, 2.75) is 32.3 Å². The molecule has 6 heteroatoms. The number of aromatic hydroxyl groups is 3. The van der Waals surface area contributed by atoms with E-state index in [9.17, 15) is 25.2 Å². The SMILES string of the molecule is COc1cc(O)c(CCC(C)(C)O)c(O)c1C(=O)/C=C/c1ccc(O)cc1. The molecule has 2 aromatic rings. The van der Waals surface area contributed by atoms with Gasteiger partial charge in [-0.3, -0.25) is 4.79 Å². The van der Waals surface area contributed by atoms with Gasteiger partial charge in [-0.05, 0) is 50.5 Å². The van der Waals surface area contributed by atoms with Crippen molar-refractivity contribution >= 4 is 11.9 Å². The highest BCUT2D eigenvalue weighted by Gasteiger charge is 2.24. The summed E-state index contributed by atoms with van der Waals surface area (Å²) in [5.74, 6) is -0.892. The Morgan fingerprint density at radius 2 is 1.78 bits per heavy atom. The van der Waals surface area contributed by atoms with Crippen LogP contribution < -0.4 is 4.74 Å². The van der Waals surface area contributed by atoms with Gasteiger partial charge >= 0.3 is 0 Å². The van der Waals surface area contributed by atoms with E-state index in [1.165, 1.54) is 31.4 Å². The van der Waals surface area contributed by atoms with Crippen molar-refractivity contribution in [2.75, 3.05) is 7.11 Å². The summed E-state index contributed by atoms with van der Waals surface area (Å²) in [6.45, 7) is 3.24. The Morgan fingerprint density at radius 1 is 1.15 bits per heavy atom. The lowest BCUT2D eigenvalue weighted by molar-refractivity contribution is 0.0711. The fourth-order valence-electron chi connectivity index (χ4n) is 2.59. The van der Waals surface area contributed by atoms with E-state index in [1.807, 2.05) is 0 Å². The van der Waals surface area contributed by atoms with Crippen molar-refractivity contribution in [3.63, 3.8) is 0 Å². The Morgan fingerprint density at radius 3 is 2.33 bits per heavy atom. The van der Waals surface area contributed by atoms with Crippen molar-refractivity contribution in [3.8, 4) is 23.0 Å². The number of benzene rings is 2. The number of aliphatic hydroxyl groups is 1. The predicted molar refractivity (Wildman–Crippen MR) is 102 cm³/mol. The average Bonchev–Trinajstić information content (AvgIpc) is 2.59. The molecular weight excluding hydrogens is 348 g/mol. The van der Waals surface area contributed by atoms with Crippen molar-refractivity contribution < 1.29 is 30.0 Å². The molecule has 0 aliphatic carbocycles. The smallest absolute Gasteiger partial charge is 0.193 e. The van der Waals surface area contributed by atoms with Gasteiger partial charge in [-0.1, -0.05) is 18.2 Å². The summed E-state index contributed by atoms with van der Waals surface area (Å²) in [5, 5.41) is 39.9. The molecule has 6 nitrogen and oxygen atoms in total. The number of methoxy groups -OCH3 is 1. The van der Waals surface area contributed by atoms with Crippen LogP contribution in [0.4, 0.5) is 0 Å². The maximum atomic E-state index is 12.6. The summed E-state index contributed by atoms with van der Waals surface area (Å²) in [7, 11) is 1.34. The van der Waals surface area contributed by atoms with E-state index >= 15 is 0 Å². The molecule has 144 valence electrons. The van der Waals surface area contributed by atoms with Crippen LogP contribution in [-0.2, 0) is 6.42 Å². The van der Waals surface area contributed by atoms with Crippen LogP contribution in [-0.4, -0.2) is 38.9 Å². The number of ether oxygens (including phenoxy) is 1. The summed E-state index contributed by atoms with van der Waals surface area (Å²) in [4.78, 5) is 12.6. The van der Waals surface area contributed by atoms with Crippen LogP contribution in [0, 0.1) is 0 Å². The highest BCUT2D eigenvalue weighted by Crippen LogP contribution is 2.39. The lowest BCUT2D eigenvalue weighted by Gasteiger charge is -2.19. The fraction of sp³-hybridized carbons (Fsp3) is 0.286. The van der Waals surface area contributed by atoms with Gasteiger partial charge in [-0.25, -0.2) is 0 Å². The summed E-state index contributed by atoms with van der Waals surface area (Å²) < 4.78 is 5.14. The molecule has 0 unspecified atom stereocenters. The van der Waals surface area contributed by atoms with Gasteiger partial charge in [0.25, 0.3) is 0 Å². The fourth-order valence-corrected chi connectivity index (χ4v) is 2.59. The second-order valence-electron chi connectivity index (χ2n) is 6.90. The normalized spacial score (nSPS) is 11.7. The molecule has 0 heterocycles. The maximum absolute atomic E-state index is 12.6. The van der Waals surface area contributed by atoms with E-state index in [2.05, 4.69) is 0 Å². The molecular formula is C21H24O6. The monoisotopic (exact) mass is 372 g/mol. The molecule has 0 aliphatic heterocycles. The van der Waals surface area contributed by atoms with Crippen LogP contribution >= 0.6 is 0 Å². The van der Waals surface area contributed by atoms with Gasteiger partial charge in [-0.2, -0.15) is 0 Å². The summed E-state index contributed by atoms with van der Waals surface area (Å²) in [6, 6.07) is 7.56. The molecule has 0 saturated heterocycles. The third kappa shape index (κ3) is 5.24. The van der Waals surface area contributed by atoms with E-state index in [-0.39, 0.29) is 47.0 Å². The molecule has 2 rings (SSSR count).